The molecule has 0 radical (unpaired) electrons. The first-order valence-corrected chi connectivity index (χ1v) is 8.96. The third kappa shape index (κ3) is 5.39. The molecule has 1 saturated heterocycles. The van der Waals surface area contributed by atoms with Crippen LogP contribution in [0.1, 0.15) is 15.9 Å². The number of anilines is 1. The summed E-state index contributed by atoms with van der Waals surface area (Å²) < 4.78 is 43.1. The first-order valence-electron chi connectivity index (χ1n) is 8.96. The van der Waals surface area contributed by atoms with E-state index in [0.29, 0.717) is 23.6 Å². The molecule has 28 heavy (non-hydrogen) atoms. The molecule has 1 aliphatic rings. The molecule has 0 atom stereocenters. The summed E-state index contributed by atoms with van der Waals surface area (Å²) in [7, 11) is 0. The number of hydrogen-bond donors (Lipinski definition) is 1. The minimum atomic E-state index is -4.23. The van der Waals surface area contributed by atoms with Crippen molar-refractivity contribution in [3.8, 4) is 5.75 Å². The first-order chi connectivity index (χ1) is 13.3. The van der Waals surface area contributed by atoms with Crippen molar-refractivity contribution in [2.75, 3.05) is 38.5 Å². The van der Waals surface area contributed by atoms with Crippen molar-refractivity contribution in [1.82, 2.24) is 9.80 Å². The van der Waals surface area contributed by atoms with Crippen LogP contribution in [0, 0.1) is 0 Å². The Bertz CT molecular complexity index is 804. The Labute approximate surface area is 161 Å². The van der Waals surface area contributed by atoms with Crippen LogP contribution < -0.4 is 10.5 Å². The first kappa shape index (κ1) is 20.0. The number of nitrogens with two attached hydrogens (primary N) is 1. The van der Waals surface area contributed by atoms with Gasteiger partial charge >= 0.3 is 6.18 Å². The number of rotatable bonds is 5. The number of amides is 1. The molecule has 0 aliphatic carbocycles. The quantitative estimate of drug-likeness (QED) is 0.793. The lowest BCUT2D eigenvalue weighted by atomic mass is 10.1. The van der Waals surface area contributed by atoms with Gasteiger partial charge in [-0.1, -0.05) is 30.3 Å². The molecule has 8 heteroatoms. The molecule has 5 nitrogen and oxygen atoms in total. The normalized spacial score (nSPS) is 15.5. The molecule has 1 fully saturated rings. The molecule has 0 unspecified atom stereocenters. The zero-order valence-electron chi connectivity index (χ0n) is 15.3. The number of nitrogen functional groups attached to an aromatic ring is 1. The largest absolute Gasteiger partial charge is 0.487 e. The van der Waals surface area contributed by atoms with Crippen LogP contribution in [0.3, 0.4) is 0 Å². The summed E-state index contributed by atoms with van der Waals surface area (Å²) in [5.74, 6) is 0.239. The molecule has 1 aliphatic heterocycles. The molecular formula is C20H22F3N3O2. The number of alkyl halides is 3. The number of benzene rings is 2. The second-order valence-electron chi connectivity index (χ2n) is 6.71. The van der Waals surface area contributed by atoms with Gasteiger partial charge in [-0.3, -0.25) is 9.69 Å². The lowest BCUT2D eigenvalue weighted by Gasteiger charge is -2.35. The second-order valence-corrected chi connectivity index (χ2v) is 6.71. The van der Waals surface area contributed by atoms with Crippen LogP contribution in [0.4, 0.5) is 18.9 Å². The Hall–Kier alpha value is -2.74. The highest BCUT2D eigenvalue weighted by Gasteiger charge is 2.33. The minimum absolute atomic E-state index is 0.193. The third-order valence-electron chi connectivity index (χ3n) is 4.56. The monoisotopic (exact) mass is 393 g/mol. The fourth-order valence-electron chi connectivity index (χ4n) is 3.09. The Balaban J connectivity index is 1.57. The van der Waals surface area contributed by atoms with Crippen LogP contribution in [-0.2, 0) is 6.61 Å². The van der Waals surface area contributed by atoms with Gasteiger partial charge in [0.25, 0.3) is 5.91 Å². The van der Waals surface area contributed by atoms with E-state index in [0.717, 1.165) is 5.56 Å². The lowest BCUT2D eigenvalue weighted by molar-refractivity contribution is -0.148. The maximum absolute atomic E-state index is 12.6. The highest BCUT2D eigenvalue weighted by atomic mass is 19.4. The Kier molecular flexibility index (Phi) is 6.08. The smallest absolute Gasteiger partial charge is 0.401 e. The van der Waals surface area contributed by atoms with Gasteiger partial charge in [0, 0.05) is 31.7 Å². The van der Waals surface area contributed by atoms with E-state index in [4.69, 9.17) is 10.5 Å². The molecule has 0 spiro atoms. The number of hydrogen-bond acceptors (Lipinski definition) is 4. The zero-order valence-corrected chi connectivity index (χ0v) is 15.3. The summed E-state index contributed by atoms with van der Waals surface area (Å²) in [6, 6.07) is 14.4. The number of ether oxygens (including phenoxy) is 1. The summed E-state index contributed by atoms with van der Waals surface area (Å²) in [4.78, 5) is 15.5. The predicted octanol–water partition coefficient (Wildman–Crippen LogP) is 3.17. The van der Waals surface area contributed by atoms with Crippen LogP contribution in [0.15, 0.2) is 48.5 Å². The van der Waals surface area contributed by atoms with Crippen molar-refractivity contribution in [2.24, 2.45) is 0 Å². The molecule has 2 N–H and O–H groups in total. The van der Waals surface area contributed by atoms with Gasteiger partial charge in [0.2, 0.25) is 0 Å². The maximum Gasteiger partial charge on any atom is 0.401 e. The van der Waals surface area contributed by atoms with Gasteiger partial charge in [0.1, 0.15) is 12.4 Å². The van der Waals surface area contributed by atoms with Crippen LogP contribution in [0.5, 0.6) is 5.75 Å². The van der Waals surface area contributed by atoms with E-state index in [1.54, 1.807) is 23.1 Å². The molecule has 2 aromatic carbocycles. The summed E-state index contributed by atoms with van der Waals surface area (Å²) in [6.07, 6.45) is -4.23. The molecule has 1 amide bonds. The van der Waals surface area contributed by atoms with E-state index in [1.165, 1.54) is 4.90 Å². The number of halogens is 3. The van der Waals surface area contributed by atoms with Gasteiger partial charge in [-0.25, -0.2) is 0 Å². The highest BCUT2D eigenvalue weighted by Crippen LogP contribution is 2.25. The molecule has 0 bridgehead atoms. The maximum atomic E-state index is 12.6. The van der Waals surface area contributed by atoms with Crippen molar-refractivity contribution in [2.45, 2.75) is 12.8 Å². The topological polar surface area (TPSA) is 58.8 Å². The SMILES string of the molecule is Nc1cc(C(=O)N2CCN(CC(F)(F)F)CC2)ccc1OCc1ccccc1. The Morgan fingerprint density at radius 2 is 1.71 bits per heavy atom. The zero-order chi connectivity index (χ0) is 20.1. The van der Waals surface area contributed by atoms with Gasteiger partial charge < -0.3 is 15.4 Å². The average Bonchev–Trinajstić information content (AvgIpc) is 2.66. The summed E-state index contributed by atoms with van der Waals surface area (Å²) in [6.45, 7) is 0.301. The van der Waals surface area contributed by atoms with Crippen molar-refractivity contribution < 1.29 is 22.7 Å². The number of carbonyl (C=O) groups excluding carboxylic acids is 1. The number of nitrogens with zero attached hydrogens (tertiary/aromatic N) is 2. The van der Waals surface area contributed by atoms with Crippen LogP contribution in [-0.4, -0.2) is 54.6 Å². The minimum Gasteiger partial charge on any atom is -0.487 e. The van der Waals surface area contributed by atoms with Gasteiger partial charge in [0.05, 0.1) is 12.2 Å². The average molecular weight is 393 g/mol. The summed E-state index contributed by atoms with van der Waals surface area (Å²) in [5, 5.41) is 0. The predicted molar refractivity (Wildman–Crippen MR) is 100 cm³/mol. The van der Waals surface area contributed by atoms with Crippen LogP contribution in [0.25, 0.3) is 0 Å². The van der Waals surface area contributed by atoms with Gasteiger partial charge in [-0.2, -0.15) is 13.2 Å². The molecular weight excluding hydrogens is 371 g/mol. The van der Waals surface area contributed by atoms with Gasteiger partial charge in [-0.15, -0.1) is 0 Å². The number of piperazine rings is 1. The van der Waals surface area contributed by atoms with Crippen molar-refractivity contribution in [3.05, 3.63) is 59.7 Å². The van der Waals surface area contributed by atoms with E-state index >= 15 is 0 Å². The molecule has 1 heterocycles. The highest BCUT2D eigenvalue weighted by molar-refractivity contribution is 5.95. The van der Waals surface area contributed by atoms with Crippen molar-refractivity contribution in [1.29, 1.82) is 0 Å². The van der Waals surface area contributed by atoms with Crippen molar-refractivity contribution >= 4 is 11.6 Å². The van der Waals surface area contributed by atoms with Crippen LogP contribution in [0.2, 0.25) is 0 Å². The molecule has 3 rings (SSSR count). The number of carbonyl (C=O) groups is 1. The van der Waals surface area contributed by atoms with E-state index in [2.05, 4.69) is 0 Å². The lowest BCUT2D eigenvalue weighted by Crippen LogP contribution is -2.50. The van der Waals surface area contributed by atoms with E-state index < -0.39 is 12.7 Å². The fourth-order valence-corrected chi connectivity index (χ4v) is 3.09. The molecule has 150 valence electrons. The summed E-state index contributed by atoms with van der Waals surface area (Å²) >= 11 is 0. The van der Waals surface area contributed by atoms with Gasteiger partial charge in [-0.05, 0) is 23.8 Å². The molecule has 0 saturated carbocycles. The van der Waals surface area contributed by atoms with E-state index in [-0.39, 0.29) is 32.1 Å². The fraction of sp³-hybridized carbons (Fsp3) is 0.350. The molecule has 2 aromatic rings. The van der Waals surface area contributed by atoms with E-state index in [1.807, 2.05) is 30.3 Å². The molecule has 0 aromatic heterocycles. The third-order valence-corrected chi connectivity index (χ3v) is 4.56. The van der Waals surface area contributed by atoms with Gasteiger partial charge in [0.15, 0.2) is 0 Å². The Morgan fingerprint density at radius 3 is 2.32 bits per heavy atom. The summed E-state index contributed by atoms with van der Waals surface area (Å²) in [5.41, 5.74) is 7.76. The van der Waals surface area contributed by atoms with E-state index in [9.17, 15) is 18.0 Å². The second kappa shape index (κ2) is 8.52. The van der Waals surface area contributed by atoms with Crippen molar-refractivity contribution in [3.63, 3.8) is 0 Å². The van der Waals surface area contributed by atoms with Crippen LogP contribution >= 0.6 is 0 Å². The standard InChI is InChI=1S/C20H22F3N3O2/c21-20(22,23)14-25-8-10-26(11-9-25)19(27)16-6-7-18(17(24)12-16)28-13-15-4-2-1-3-5-15/h1-7,12H,8-11,13-14,24H2. The Morgan fingerprint density at radius 1 is 1.04 bits per heavy atom.